The van der Waals surface area contributed by atoms with Crippen LogP contribution in [0.1, 0.15) is 36.0 Å². The normalized spacial score (nSPS) is 20.9. The van der Waals surface area contributed by atoms with Crippen molar-refractivity contribution in [3.05, 3.63) is 47.0 Å². The molecule has 1 amide bonds. The number of phenols is 1. The highest BCUT2D eigenvalue weighted by Gasteiger charge is 2.30. The summed E-state index contributed by atoms with van der Waals surface area (Å²) in [5.74, 6) is 0.476. The highest BCUT2D eigenvalue weighted by molar-refractivity contribution is 5.79. The van der Waals surface area contributed by atoms with Crippen molar-refractivity contribution in [3.63, 3.8) is 0 Å². The Kier molecular flexibility index (Phi) is 6.43. The largest absolute Gasteiger partial charge is 0.507 e. The standard InChI is InChI=1S/C24H30N2O6/c1-14-13-26(6-7-32-14)23(29)12-18(15-4-5-19-16(8-15)9-22(28)25-19)24-20(27)10-17(30-2)11-21(24)31-3/h4-5,8,10-11,14,18,22,25,27-28H,6-7,9,12-13H2,1-3H3. The van der Waals surface area contributed by atoms with Crippen molar-refractivity contribution in [2.24, 2.45) is 0 Å². The molecule has 0 saturated carbocycles. The molecule has 8 nitrogen and oxygen atoms in total. The van der Waals surface area contributed by atoms with Gasteiger partial charge in [-0.3, -0.25) is 4.79 Å². The van der Waals surface area contributed by atoms with E-state index in [2.05, 4.69) is 5.32 Å². The zero-order valence-electron chi connectivity index (χ0n) is 18.6. The summed E-state index contributed by atoms with van der Waals surface area (Å²) in [5, 5.41) is 23.9. The maximum atomic E-state index is 13.3. The number of carbonyl (C=O) groups excluding carboxylic acids is 1. The fourth-order valence-corrected chi connectivity index (χ4v) is 4.54. The molecule has 0 bridgehead atoms. The van der Waals surface area contributed by atoms with Crippen molar-refractivity contribution in [2.75, 3.05) is 39.2 Å². The van der Waals surface area contributed by atoms with Crippen molar-refractivity contribution < 1.29 is 29.2 Å². The van der Waals surface area contributed by atoms with Crippen LogP contribution in [0.25, 0.3) is 0 Å². The number of benzene rings is 2. The van der Waals surface area contributed by atoms with E-state index in [0.717, 1.165) is 16.8 Å². The Hall–Kier alpha value is -2.97. The van der Waals surface area contributed by atoms with Gasteiger partial charge in [-0.15, -0.1) is 0 Å². The molecule has 32 heavy (non-hydrogen) atoms. The minimum Gasteiger partial charge on any atom is -0.507 e. The number of carbonyl (C=O) groups is 1. The van der Waals surface area contributed by atoms with Gasteiger partial charge in [0.15, 0.2) is 0 Å². The van der Waals surface area contributed by atoms with Gasteiger partial charge in [-0.1, -0.05) is 12.1 Å². The number of aliphatic hydroxyl groups is 1. The van der Waals surface area contributed by atoms with E-state index < -0.39 is 12.1 Å². The summed E-state index contributed by atoms with van der Waals surface area (Å²) in [6, 6.07) is 9.06. The average molecular weight is 443 g/mol. The third-order valence-electron chi connectivity index (χ3n) is 6.14. The molecule has 0 aliphatic carbocycles. The van der Waals surface area contributed by atoms with Gasteiger partial charge in [-0.05, 0) is 24.1 Å². The fourth-order valence-electron chi connectivity index (χ4n) is 4.54. The summed E-state index contributed by atoms with van der Waals surface area (Å²) in [4.78, 5) is 15.1. The summed E-state index contributed by atoms with van der Waals surface area (Å²) in [7, 11) is 3.05. The number of methoxy groups -OCH3 is 2. The van der Waals surface area contributed by atoms with Gasteiger partial charge >= 0.3 is 0 Å². The fraction of sp³-hybridized carbons (Fsp3) is 0.458. The van der Waals surface area contributed by atoms with Crippen LogP contribution in [0.4, 0.5) is 5.69 Å². The van der Waals surface area contributed by atoms with Crippen LogP contribution in [0.15, 0.2) is 30.3 Å². The number of ether oxygens (including phenoxy) is 3. The number of fused-ring (bicyclic) bond motifs is 1. The van der Waals surface area contributed by atoms with E-state index >= 15 is 0 Å². The van der Waals surface area contributed by atoms with Crippen LogP contribution in [0.3, 0.4) is 0 Å². The van der Waals surface area contributed by atoms with E-state index in [-0.39, 0.29) is 24.2 Å². The van der Waals surface area contributed by atoms with Gasteiger partial charge in [0.05, 0.1) is 26.9 Å². The molecule has 8 heteroatoms. The number of anilines is 1. The van der Waals surface area contributed by atoms with E-state index in [0.29, 0.717) is 43.2 Å². The molecule has 2 heterocycles. The first-order valence-electron chi connectivity index (χ1n) is 10.8. The summed E-state index contributed by atoms with van der Waals surface area (Å²) in [6.07, 6.45) is 0.00982. The molecule has 3 atom stereocenters. The lowest BCUT2D eigenvalue weighted by Crippen LogP contribution is -2.44. The number of hydrogen-bond acceptors (Lipinski definition) is 7. The number of hydrogen-bond donors (Lipinski definition) is 3. The number of aliphatic hydroxyl groups excluding tert-OH is 1. The number of morpholine rings is 1. The van der Waals surface area contributed by atoms with E-state index in [1.165, 1.54) is 20.3 Å². The van der Waals surface area contributed by atoms with E-state index in [1.54, 1.807) is 6.07 Å². The van der Waals surface area contributed by atoms with E-state index in [1.807, 2.05) is 30.0 Å². The minimum absolute atomic E-state index is 0.00741. The maximum Gasteiger partial charge on any atom is 0.223 e. The molecule has 2 aliphatic heterocycles. The van der Waals surface area contributed by atoms with Gasteiger partial charge < -0.3 is 34.6 Å². The first-order chi connectivity index (χ1) is 15.4. The zero-order chi connectivity index (χ0) is 22.8. The third kappa shape index (κ3) is 4.47. The smallest absolute Gasteiger partial charge is 0.223 e. The molecule has 1 saturated heterocycles. The van der Waals surface area contributed by atoms with Crippen LogP contribution in [0.2, 0.25) is 0 Å². The van der Waals surface area contributed by atoms with Crippen molar-refractivity contribution in [1.29, 1.82) is 0 Å². The number of nitrogens with one attached hydrogen (secondary N) is 1. The van der Waals surface area contributed by atoms with Crippen LogP contribution in [-0.2, 0) is 16.0 Å². The molecular weight excluding hydrogens is 412 g/mol. The Labute approximate surface area is 187 Å². The van der Waals surface area contributed by atoms with Crippen molar-refractivity contribution in [2.45, 2.75) is 38.0 Å². The molecule has 0 radical (unpaired) electrons. The lowest BCUT2D eigenvalue weighted by atomic mass is 9.85. The zero-order valence-corrected chi connectivity index (χ0v) is 18.6. The first-order valence-corrected chi connectivity index (χ1v) is 10.8. The Morgan fingerprint density at radius 1 is 1.28 bits per heavy atom. The minimum atomic E-state index is -0.626. The quantitative estimate of drug-likeness (QED) is 0.632. The lowest BCUT2D eigenvalue weighted by molar-refractivity contribution is -0.138. The van der Waals surface area contributed by atoms with Gasteiger partial charge in [-0.25, -0.2) is 0 Å². The van der Waals surface area contributed by atoms with Crippen LogP contribution in [0, 0.1) is 0 Å². The number of nitrogens with zero attached hydrogens (tertiary/aromatic N) is 1. The Bertz CT molecular complexity index is 995. The molecular formula is C24H30N2O6. The molecule has 2 aliphatic rings. The first kappa shape index (κ1) is 22.2. The van der Waals surface area contributed by atoms with Gasteiger partial charge in [0.2, 0.25) is 5.91 Å². The molecule has 4 rings (SSSR count). The topological polar surface area (TPSA) is 100 Å². The molecule has 3 N–H and O–H groups in total. The monoisotopic (exact) mass is 442 g/mol. The molecule has 0 spiro atoms. The van der Waals surface area contributed by atoms with Gasteiger partial charge in [0, 0.05) is 55.2 Å². The highest BCUT2D eigenvalue weighted by atomic mass is 16.5. The van der Waals surface area contributed by atoms with Crippen molar-refractivity contribution in [3.8, 4) is 17.2 Å². The Morgan fingerprint density at radius 3 is 2.81 bits per heavy atom. The van der Waals surface area contributed by atoms with Crippen molar-refractivity contribution >= 4 is 11.6 Å². The van der Waals surface area contributed by atoms with Gasteiger partial charge in [-0.2, -0.15) is 0 Å². The summed E-state index contributed by atoms with van der Waals surface area (Å²) in [6.45, 7) is 3.55. The number of aromatic hydroxyl groups is 1. The SMILES string of the molecule is COc1cc(O)c(C(CC(=O)N2CCOC(C)C2)c2ccc3c(c2)CC(O)N3)c(OC)c1. The van der Waals surface area contributed by atoms with E-state index in [9.17, 15) is 15.0 Å². The van der Waals surface area contributed by atoms with Crippen LogP contribution in [0.5, 0.6) is 17.2 Å². The Balaban J connectivity index is 1.74. The number of amides is 1. The number of phenolic OH excluding ortho intramolecular Hbond substituents is 1. The average Bonchev–Trinajstić information content (AvgIpc) is 3.16. The molecule has 1 fully saturated rings. The van der Waals surface area contributed by atoms with E-state index in [4.69, 9.17) is 14.2 Å². The third-order valence-corrected chi connectivity index (χ3v) is 6.14. The molecule has 172 valence electrons. The molecule has 2 aromatic rings. The molecule has 3 unspecified atom stereocenters. The Morgan fingerprint density at radius 2 is 2.09 bits per heavy atom. The van der Waals surface area contributed by atoms with Gasteiger partial charge in [0.25, 0.3) is 0 Å². The van der Waals surface area contributed by atoms with Gasteiger partial charge in [0.1, 0.15) is 23.5 Å². The summed E-state index contributed by atoms with van der Waals surface area (Å²) >= 11 is 0. The second-order valence-electron chi connectivity index (χ2n) is 8.32. The second kappa shape index (κ2) is 9.26. The number of rotatable bonds is 6. The highest BCUT2D eigenvalue weighted by Crippen LogP contribution is 2.44. The molecule has 2 aromatic carbocycles. The van der Waals surface area contributed by atoms with Crippen LogP contribution < -0.4 is 14.8 Å². The van der Waals surface area contributed by atoms with Crippen LogP contribution in [-0.4, -0.2) is 67.3 Å². The lowest BCUT2D eigenvalue weighted by Gasteiger charge is -2.32. The molecule has 0 aromatic heterocycles. The predicted molar refractivity (Wildman–Crippen MR) is 119 cm³/mol. The predicted octanol–water partition coefficient (Wildman–Crippen LogP) is 2.47. The summed E-state index contributed by atoms with van der Waals surface area (Å²) in [5.41, 5.74) is 3.25. The van der Waals surface area contributed by atoms with Crippen molar-refractivity contribution in [1.82, 2.24) is 4.90 Å². The maximum absolute atomic E-state index is 13.3. The summed E-state index contributed by atoms with van der Waals surface area (Å²) < 4.78 is 16.4. The van der Waals surface area contributed by atoms with Crippen LogP contribution >= 0.6 is 0 Å². The second-order valence-corrected chi connectivity index (χ2v) is 8.32.